The van der Waals surface area contributed by atoms with Gasteiger partial charge in [-0.15, -0.1) is 0 Å². The SMILES string of the molecule is CCCc1cc(-c2cccc(C3CCC3)c2)nc(C#N)n1. The van der Waals surface area contributed by atoms with Crippen LogP contribution in [0.5, 0.6) is 0 Å². The standard InChI is InChI=1S/C18H19N3/c1-2-5-16-11-17(21-18(12-19)20-16)15-9-4-8-14(10-15)13-6-3-7-13/h4,8-11,13H,2-3,5-7H2,1H3. The lowest BCUT2D eigenvalue weighted by molar-refractivity contribution is 0.420. The molecule has 0 atom stereocenters. The fourth-order valence-electron chi connectivity index (χ4n) is 2.77. The number of rotatable bonds is 4. The third-order valence-electron chi connectivity index (χ3n) is 4.14. The van der Waals surface area contributed by atoms with Crippen LogP contribution in [0, 0.1) is 11.3 Å². The summed E-state index contributed by atoms with van der Waals surface area (Å²) in [5.74, 6) is 0.974. The number of aryl methyl sites for hydroxylation is 1. The van der Waals surface area contributed by atoms with Crippen LogP contribution in [-0.2, 0) is 6.42 Å². The zero-order valence-electron chi connectivity index (χ0n) is 12.3. The molecule has 0 unspecified atom stereocenters. The predicted molar refractivity (Wildman–Crippen MR) is 82.8 cm³/mol. The highest BCUT2D eigenvalue weighted by atomic mass is 14.9. The molecule has 1 aromatic heterocycles. The molecule has 3 nitrogen and oxygen atoms in total. The highest BCUT2D eigenvalue weighted by Crippen LogP contribution is 2.37. The van der Waals surface area contributed by atoms with Crippen LogP contribution < -0.4 is 0 Å². The molecule has 1 aromatic carbocycles. The van der Waals surface area contributed by atoms with Gasteiger partial charge in [0, 0.05) is 11.3 Å². The number of nitriles is 1. The maximum atomic E-state index is 9.12. The van der Waals surface area contributed by atoms with Crippen LogP contribution in [0.1, 0.15) is 55.6 Å². The highest BCUT2D eigenvalue weighted by molar-refractivity contribution is 5.61. The van der Waals surface area contributed by atoms with E-state index in [0.29, 0.717) is 5.92 Å². The highest BCUT2D eigenvalue weighted by Gasteiger charge is 2.19. The van der Waals surface area contributed by atoms with Crippen molar-refractivity contribution in [1.29, 1.82) is 5.26 Å². The Hall–Kier alpha value is -2.21. The van der Waals surface area contributed by atoms with Gasteiger partial charge in [0.2, 0.25) is 5.82 Å². The van der Waals surface area contributed by atoms with E-state index in [0.717, 1.165) is 29.8 Å². The third kappa shape index (κ3) is 2.95. The van der Waals surface area contributed by atoms with Crippen molar-refractivity contribution in [2.45, 2.75) is 44.9 Å². The molecular weight excluding hydrogens is 258 g/mol. The van der Waals surface area contributed by atoms with E-state index in [4.69, 9.17) is 5.26 Å². The predicted octanol–water partition coefficient (Wildman–Crippen LogP) is 4.24. The van der Waals surface area contributed by atoms with E-state index in [-0.39, 0.29) is 5.82 Å². The fourth-order valence-corrected chi connectivity index (χ4v) is 2.77. The molecule has 1 aliphatic rings. The molecule has 106 valence electrons. The number of benzene rings is 1. The summed E-state index contributed by atoms with van der Waals surface area (Å²) in [6, 6.07) is 12.7. The molecule has 1 aliphatic carbocycles. The third-order valence-corrected chi connectivity index (χ3v) is 4.14. The molecule has 0 radical (unpaired) electrons. The topological polar surface area (TPSA) is 49.6 Å². The Labute approximate surface area is 125 Å². The second-order valence-electron chi connectivity index (χ2n) is 5.68. The Bertz CT molecular complexity index is 681. The minimum atomic E-state index is 0.269. The van der Waals surface area contributed by atoms with Crippen molar-refractivity contribution in [2.24, 2.45) is 0 Å². The van der Waals surface area contributed by atoms with Gasteiger partial charge in [0.25, 0.3) is 0 Å². The van der Waals surface area contributed by atoms with Gasteiger partial charge in [-0.2, -0.15) is 5.26 Å². The Morgan fingerprint density at radius 3 is 2.76 bits per heavy atom. The van der Waals surface area contributed by atoms with Crippen LogP contribution in [0.25, 0.3) is 11.3 Å². The van der Waals surface area contributed by atoms with Gasteiger partial charge in [-0.3, -0.25) is 0 Å². The van der Waals surface area contributed by atoms with E-state index >= 15 is 0 Å². The largest absolute Gasteiger partial charge is 0.232 e. The first-order valence-electron chi connectivity index (χ1n) is 7.68. The molecule has 0 saturated heterocycles. The molecule has 0 amide bonds. The Morgan fingerprint density at radius 1 is 1.24 bits per heavy atom. The van der Waals surface area contributed by atoms with Gasteiger partial charge in [-0.1, -0.05) is 38.0 Å². The molecule has 0 N–H and O–H groups in total. The van der Waals surface area contributed by atoms with Crippen molar-refractivity contribution >= 4 is 0 Å². The first-order chi connectivity index (χ1) is 10.3. The van der Waals surface area contributed by atoms with Gasteiger partial charge in [0.1, 0.15) is 6.07 Å². The van der Waals surface area contributed by atoms with Gasteiger partial charge < -0.3 is 0 Å². The molecule has 0 aliphatic heterocycles. The lowest BCUT2D eigenvalue weighted by Gasteiger charge is -2.26. The average molecular weight is 277 g/mol. The molecule has 0 spiro atoms. The van der Waals surface area contributed by atoms with Crippen LogP contribution in [-0.4, -0.2) is 9.97 Å². The quantitative estimate of drug-likeness (QED) is 0.840. The summed E-state index contributed by atoms with van der Waals surface area (Å²) in [5.41, 5.74) is 4.31. The monoisotopic (exact) mass is 277 g/mol. The van der Waals surface area contributed by atoms with E-state index in [1.165, 1.54) is 24.8 Å². The van der Waals surface area contributed by atoms with Crippen molar-refractivity contribution in [3.8, 4) is 17.3 Å². The molecule has 3 heteroatoms. The second kappa shape index (κ2) is 6.05. The van der Waals surface area contributed by atoms with Gasteiger partial charge >= 0.3 is 0 Å². The second-order valence-corrected chi connectivity index (χ2v) is 5.68. The summed E-state index contributed by atoms with van der Waals surface area (Å²) < 4.78 is 0. The lowest BCUT2D eigenvalue weighted by atomic mass is 9.79. The molecule has 2 aromatic rings. The molecular formula is C18H19N3. The Balaban J connectivity index is 1.99. The zero-order valence-corrected chi connectivity index (χ0v) is 12.3. The van der Waals surface area contributed by atoms with E-state index in [9.17, 15) is 0 Å². The minimum absolute atomic E-state index is 0.269. The van der Waals surface area contributed by atoms with Crippen LogP contribution in [0.15, 0.2) is 30.3 Å². The van der Waals surface area contributed by atoms with Gasteiger partial charge in [-0.25, -0.2) is 9.97 Å². The van der Waals surface area contributed by atoms with Crippen LogP contribution in [0.3, 0.4) is 0 Å². The van der Waals surface area contributed by atoms with Crippen LogP contribution in [0.2, 0.25) is 0 Å². The summed E-state index contributed by atoms with van der Waals surface area (Å²) in [6.07, 6.45) is 5.81. The summed E-state index contributed by atoms with van der Waals surface area (Å²) in [7, 11) is 0. The van der Waals surface area contributed by atoms with Crippen molar-refractivity contribution in [2.75, 3.05) is 0 Å². The number of aromatic nitrogens is 2. The number of hydrogen-bond acceptors (Lipinski definition) is 3. The Kier molecular flexibility index (Phi) is 3.96. The molecule has 3 rings (SSSR count). The first kappa shape index (κ1) is 13.8. The van der Waals surface area contributed by atoms with E-state index in [1.54, 1.807) is 0 Å². The average Bonchev–Trinajstić information content (AvgIpc) is 2.46. The molecule has 21 heavy (non-hydrogen) atoms. The maximum Gasteiger partial charge on any atom is 0.232 e. The van der Waals surface area contributed by atoms with Gasteiger partial charge in [0.15, 0.2) is 0 Å². The number of hydrogen-bond donors (Lipinski definition) is 0. The molecule has 1 fully saturated rings. The summed E-state index contributed by atoms with van der Waals surface area (Å²) >= 11 is 0. The van der Waals surface area contributed by atoms with Crippen LogP contribution in [0.4, 0.5) is 0 Å². The fraction of sp³-hybridized carbons (Fsp3) is 0.389. The molecule has 1 heterocycles. The van der Waals surface area contributed by atoms with Crippen molar-refractivity contribution in [3.05, 3.63) is 47.4 Å². The Morgan fingerprint density at radius 2 is 2.10 bits per heavy atom. The number of nitrogens with zero attached hydrogens (tertiary/aromatic N) is 3. The van der Waals surface area contributed by atoms with Gasteiger partial charge in [-0.05, 0) is 42.9 Å². The van der Waals surface area contributed by atoms with Crippen molar-refractivity contribution in [1.82, 2.24) is 9.97 Å². The summed E-state index contributed by atoms with van der Waals surface area (Å²) in [5, 5.41) is 9.12. The normalized spacial score (nSPS) is 14.5. The molecule has 0 bridgehead atoms. The lowest BCUT2D eigenvalue weighted by Crippen LogP contribution is -2.08. The minimum Gasteiger partial charge on any atom is -0.224 e. The first-order valence-corrected chi connectivity index (χ1v) is 7.68. The zero-order chi connectivity index (χ0) is 14.7. The summed E-state index contributed by atoms with van der Waals surface area (Å²) in [4.78, 5) is 8.66. The smallest absolute Gasteiger partial charge is 0.224 e. The summed E-state index contributed by atoms with van der Waals surface area (Å²) in [6.45, 7) is 2.12. The van der Waals surface area contributed by atoms with Crippen molar-refractivity contribution in [3.63, 3.8) is 0 Å². The van der Waals surface area contributed by atoms with E-state index in [1.807, 2.05) is 6.07 Å². The van der Waals surface area contributed by atoms with E-state index < -0.39 is 0 Å². The van der Waals surface area contributed by atoms with Crippen LogP contribution >= 0.6 is 0 Å². The van der Waals surface area contributed by atoms with Crippen molar-refractivity contribution < 1.29 is 0 Å². The van der Waals surface area contributed by atoms with Gasteiger partial charge in [0.05, 0.1) is 5.69 Å². The maximum absolute atomic E-state index is 9.12. The molecule has 1 saturated carbocycles. The van der Waals surface area contributed by atoms with E-state index in [2.05, 4.69) is 47.2 Å².